The average Bonchev–Trinajstić information content (AvgIpc) is 2.67. The molecule has 0 fully saturated rings. The minimum absolute atomic E-state index is 0. The molecule has 0 saturated carbocycles. The van der Waals surface area contributed by atoms with Gasteiger partial charge in [-0.3, -0.25) is 0 Å². The van der Waals surface area contributed by atoms with Gasteiger partial charge in [-0.25, -0.2) is 22.9 Å². The molecule has 7 nitrogen and oxygen atoms in total. The molecule has 1 N–H and O–H groups in total. The van der Waals surface area contributed by atoms with E-state index in [1.54, 1.807) is 12.3 Å². The van der Waals surface area contributed by atoms with Crippen LogP contribution in [0.5, 0.6) is 5.75 Å². The van der Waals surface area contributed by atoms with Crippen LogP contribution in [0.2, 0.25) is 0 Å². The molecule has 30 heavy (non-hydrogen) atoms. The molecule has 0 bridgehead atoms. The first kappa shape index (κ1) is 21.6. The third-order valence-corrected chi connectivity index (χ3v) is 5.76. The summed E-state index contributed by atoms with van der Waals surface area (Å²) >= 11 is 0. The largest absolute Gasteiger partial charge is 0.496 e. The van der Waals surface area contributed by atoms with Crippen LogP contribution in [0.15, 0.2) is 53.2 Å². The molecule has 0 amide bonds. The van der Waals surface area contributed by atoms with Gasteiger partial charge in [0, 0.05) is 29.2 Å². The van der Waals surface area contributed by atoms with Crippen molar-refractivity contribution in [1.29, 1.82) is 0 Å². The molecule has 0 aliphatic carbocycles. The maximum atomic E-state index is 13.5. The van der Waals surface area contributed by atoms with Gasteiger partial charge in [-0.15, -0.1) is 0 Å². The molecule has 0 aliphatic heterocycles. The van der Waals surface area contributed by atoms with E-state index in [2.05, 4.69) is 24.6 Å². The van der Waals surface area contributed by atoms with E-state index in [0.29, 0.717) is 28.8 Å². The van der Waals surface area contributed by atoms with Crippen molar-refractivity contribution in [2.75, 3.05) is 18.7 Å². The standard InChI is InChI=1S/C21H24FN5O2S.H2/c1-14(2)27-30(4,28)12-15-6-5-7-17(10-15)25-21-24-13-23-20(26-21)18-9-8-16(22)11-19(18)29-3;/h5-11,13-14H,12H2,1-4H3,(H,23,24,25,26);1H. The molecule has 0 radical (unpaired) electrons. The van der Waals surface area contributed by atoms with Crippen LogP contribution in [0, 0.1) is 5.82 Å². The Morgan fingerprint density at radius 2 is 2.03 bits per heavy atom. The van der Waals surface area contributed by atoms with Crippen molar-refractivity contribution in [2.45, 2.75) is 25.6 Å². The van der Waals surface area contributed by atoms with Crippen LogP contribution in [-0.2, 0) is 15.5 Å². The highest BCUT2D eigenvalue weighted by atomic mass is 32.2. The van der Waals surface area contributed by atoms with Crippen LogP contribution in [0.3, 0.4) is 0 Å². The topological polar surface area (TPSA) is 89.4 Å². The molecule has 3 aromatic rings. The predicted octanol–water partition coefficient (Wildman–Crippen LogP) is 4.68. The number of anilines is 2. The highest BCUT2D eigenvalue weighted by Crippen LogP contribution is 2.28. The summed E-state index contributed by atoms with van der Waals surface area (Å²) in [6.45, 7) is 3.82. The van der Waals surface area contributed by atoms with Crippen molar-refractivity contribution >= 4 is 21.4 Å². The van der Waals surface area contributed by atoms with Crippen LogP contribution in [0.25, 0.3) is 11.4 Å². The number of aromatic nitrogens is 3. The van der Waals surface area contributed by atoms with Gasteiger partial charge in [0.15, 0.2) is 5.82 Å². The zero-order valence-electron chi connectivity index (χ0n) is 17.3. The number of rotatable bonds is 7. The second-order valence-electron chi connectivity index (χ2n) is 7.11. The Morgan fingerprint density at radius 1 is 1.23 bits per heavy atom. The first-order valence-corrected chi connectivity index (χ1v) is 11.4. The zero-order chi connectivity index (χ0) is 21.7. The number of methoxy groups -OCH3 is 1. The van der Waals surface area contributed by atoms with E-state index in [1.807, 2.05) is 38.1 Å². The van der Waals surface area contributed by atoms with E-state index in [9.17, 15) is 8.60 Å². The van der Waals surface area contributed by atoms with Crippen molar-refractivity contribution in [3.8, 4) is 17.1 Å². The number of nitrogens with zero attached hydrogens (tertiary/aromatic N) is 4. The minimum Gasteiger partial charge on any atom is -0.496 e. The first-order valence-electron chi connectivity index (χ1n) is 9.33. The van der Waals surface area contributed by atoms with Crippen molar-refractivity contribution in [2.24, 2.45) is 4.36 Å². The first-order chi connectivity index (χ1) is 14.3. The summed E-state index contributed by atoms with van der Waals surface area (Å²) < 4.78 is 35.7. The lowest BCUT2D eigenvalue weighted by Gasteiger charge is -2.11. The molecule has 9 heteroatoms. The molecular formula is C21H26FN5O2S. The smallest absolute Gasteiger partial charge is 0.230 e. The quantitative estimate of drug-likeness (QED) is 0.584. The van der Waals surface area contributed by atoms with Gasteiger partial charge in [0.25, 0.3) is 0 Å². The second-order valence-corrected chi connectivity index (χ2v) is 9.52. The van der Waals surface area contributed by atoms with Crippen molar-refractivity contribution in [3.05, 3.63) is 60.2 Å². The Labute approximate surface area is 177 Å². The third-order valence-electron chi connectivity index (χ3n) is 4.03. The highest BCUT2D eigenvalue weighted by Gasteiger charge is 2.12. The Hall–Kier alpha value is -3.07. The summed E-state index contributed by atoms with van der Waals surface area (Å²) in [5, 5.41) is 3.13. The molecule has 1 atom stereocenters. The fraction of sp³-hybridized carbons (Fsp3) is 0.286. The molecule has 0 saturated heterocycles. The molecular weight excluding hydrogens is 405 g/mol. The lowest BCUT2D eigenvalue weighted by Crippen LogP contribution is -2.06. The minimum atomic E-state index is -2.32. The molecule has 2 aromatic carbocycles. The lowest BCUT2D eigenvalue weighted by atomic mass is 10.2. The lowest BCUT2D eigenvalue weighted by molar-refractivity contribution is 0.412. The number of benzene rings is 2. The molecule has 1 unspecified atom stereocenters. The average molecular weight is 432 g/mol. The SMILES string of the molecule is COc1cc(F)ccc1-c1ncnc(Nc2cccc(CS(C)(=O)=NC(C)C)c2)n1.[HH]. The van der Waals surface area contributed by atoms with Crippen LogP contribution < -0.4 is 10.1 Å². The second kappa shape index (κ2) is 9.17. The molecule has 1 heterocycles. The van der Waals surface area contributed by atoms with Crippen LogP contribution >= 0.6 is 0 Å². The molecule has 0 spiro atoms. The molecule has 3 rings (SSSR count). The molecule has 0 aliphatic rings. The van der Waals surface area contributed by atoms with Gasteiger partial charge < -0.3 is 10.1 Å². The Morgan fingerprint density at radius 3 is 2.77 bits per heavy atom. The highest BCUT2D eigenvalue weighted by molar-refractivity contribution is 7.92. The summed E-state index contributed by atoms with van der Waals surface area (Å²) in [6, 6.07) is 11.7. The van der Waals surface area contributed by atoms with Crippen LogP contribution in [0.1, 0.15) is 20.8 Å². The number of hydrogen-bond acceptors (Lipinski definition) is 7. The van der Waals surface area contributed by atoms with Gasteiger partial charge in [-0.2, -0.15) is 4.98 Å². The van der Waals surface area contributed by atoms with Gasteiger partial charge in [-0.05, 0) is 43.7 Å². The summed E-state index contributed by atoms with van der Waals surface area (Å²) in [5.41, 5.74) is 2.20. The summed E-state index contributed by atoms with van der Waals surface area (Å²) in [7, 11) is -0.856. The Kier molecular flexibility index (Phi) is 6.61. The van der Waals surface area contributed by atoms with Gasteiger partial charge in [0.05, 0.1) is 24.5 Å². The normalized spacial score (nSPS) is 13.0. The van der Waals surface area contributed by atoms with E-state index in [0.717, 1.165) is 11.3 Å². The fourth-order valence-electron chi connectivity index (χ4n) is 3.00. The van der Waals surface area contributed by atoms with Gasteiger partial charge >= 0.3 is 0 Å². The van der Waals surface area contributed by atoms with Crippen molar-refractivity contribution in [3.63, 3.8) is 0 Å². The summed E-state index contributed by atoms with van der Waals surface area (Å²) in [6.07, 6.45) is 3.04. The molecule has 1 aromatic heterocycles. The number of halogens is 1. The maximum absolute atomic E-state index is 13.5. The Bertz CT molecular complexity index is 1170. The van der Waals surface area contributed by atoms with Gasteiger partial charge in [0.1, 0.15) is 17.9 Å². The van der Waals surface area contributed by atoms with Gasteiger partial charge in [-0.1, -0.05) is 12.1 Å². The maximum Gasteiger partial charge on any atom is 0.230 e. The third kappa shape index (κ3) is 5.73. The van der Waals surface area contributed by atoms with E-state index in [1.165, 1.54) is 25.6 Å². The number of nitrogens with one attached hydrogen (secondary N) is 1. The molecule has 160 valence electrons. The Balaban J connectivity index is 0.00000341. The fourth-order valence-corrected chi connectivity index (χ4v) is 4.76. The summed E-state index contributed by atoms with van der Waals surface area (Å²) in [5.74, 6) is 0.966. The van der Waals surface area contributed by atoms with Crippen molar-refractivity contribution in [1.82, 2.24) is 15.0 Å². The summed E-state index contributed by atoms with van der Waals surface area (Å²) in [4.78, 5) is 12.7. The van der Waals surface area contributed by atoms with Crippen LogP contribution in [0.4, 0.5) is 16.0 Å². The number of hydrogen-bond donors (Lipinski definition) is 1. The van der Waals surface area contributed by atoms with Crippen molar-refractivity contribution < 1.29 is 14.8 Å². The predicted molar refractivity (Wildman–Crippen MR) is 119 cm³/mol. The zero-order valence-corrected chi connectivity index (χ0v) is 18.1. The van der Waals surface area contributed by atoms with E-state index >= 15 is 0 Å². The van der Waals surface area contributed by atoms with Crippen LogP contribution in [-0.4, -0.2) is 38.6 Å². The monoisotopic (exact) mass is 431 g/mol. The number of ether oxygens (including phenoxy) is 1. The van der Waals surface area contributed by atoms with Gasteiger partial charge in [0.2, 0.25) is 5.95 Å². The van der Waals surface area contributed by atoms with E-state index in [4.69, 9.17) is 4.74 Å². The van der Waals surface area contributed by atoms with E-state index in [-0.39, 0.29) is 7.47 Å². The van der Waals surface area contributed by atoms with E-state index < -0.39 is 15.5 Å².